The second kappa shape index (κ2) is 6.36. The lowest BCUT2D eigenvalue weighted by atomic mass is 10.1. The highest BCUT2D eigenvalue weighted by Gasteiger charge is 2.06. The molecular weight excluding hydrogens is 274 g/mol. The minimum atomic E-state index is 0. The molecule has 1 nitrogen and oxygen atoms in total. The van der Waals surface area contributed by atoms with Gasteiger partial charge in [-0.3, -0.25) is 0 Å². The van der Waals surface area contributed by atoms with Gasteiger partial charge in [0.15, 0.2) is 0 Å². The molecule has 3 heteroatoms. The van der Waals surface area contributed by atoms with Gasteiger partial charge in [0.1, 0.15) is 0 Å². The summed E-state index contributed by atoms with van der Waals surface area (Å²) in [6, 6.07) is 10.8. The van der Waals surface area contributed by atoms with Crippen molar-refractivity contribution in [2.45, 2.75) is 37.5 Å². The predicted octanol–water partition coefficient (Wildman–Crippen LogP) is 5.08. The number of hydrogen-bond donors (Lipinski definition) is 1. The van der Waals surface area contributed by atoms with Crippen molar-refractivity contribution in [1.29, 1.82) is 0 Å². The quantitative estimate of drug-likeness (QED) is 0.782. The highest BCUT2D eigenvalue weighted by Crippen LogP contribution is 2.35. The molecule has 0 saturated heterocycles. The molecule has 0 amide bonds. The van der Waals surface area contributed by atoms with Crippen LogP contribution in [0.5, 0.6) is 0 Å². The average molecular weight is 294 g/mol. The number of benzene rings is 2. The Morgan fingerprint density at radius 2 is 1.42 bits per heavy atom. The highest BCUT2D eigenvalue weighted by molar-refractivity contribution is 7.99. The lowest BCUT2D eigenvalue weighted by Gasteiger charge is -2.11. The Bertz CT molecular complexity index is 594. The summed E-state index contributed by atoms with van der Waals surface area (Å²) in [6.07, 6.45) is 0. The van der Waals surface area contributed by atoms with E-state index in [2.05, 4.69) is 58.0 Å². The Labute approximate surface area is 126 Å². The molecule has 102 valence electrons. The standard InChI is InChI=1S/C16H19NS.ClH/c1-10-5-6-15(13(4)7-10)18-16-9-12(3)11(2)8-14(16)17;/h5-9H,17H2,1-4H3;1H. The van der Waals surface area contributed by atoms with Gasteiger partial charge < -0.3 is 5.73 Å². The van der Waals surface area contributed by atoms with Crippen LogP contribution in [0.25, 0.3) is 0 Å². The molecule has 0 spiro atoms. The summed E-state index contributed by atoms with van der Waals surface area (Å²) in [6.45, 7) is 8.48. The number of hydrogen-bond acceptors (Lipinski definition) is 2. The van der Waals surface area contributed by atoms with E-state index in [1.807, 2.05) is 0 Å². The monoisotopic (exact) mass is 293 g/mol. The molecule has 0 aliphatic rings. The first-order valence-electron chi connectivity index (χ1n) is 6.09. The molecule has 2 rings (SSSR count). The van der Waals surface area contributed by atoms with Gasteiger partial charge in [0, 0.05) is 15.5 Å². The van der Waals surface area contributed by atoms with Crippen LogP contribution >= 0.6 is 24.2 Å². The van der Waals surface area contributed by atoms with Gasteiger partial charge in [-0.15, -0.1) is 12.4 Å². The van der Waals surface area contributed by atoms with E-state index in [9.17, 15) is 0 Å². The maximum absolute atomic E-state index is 6.10. The van der Waals surface area contributed by atoms with Crippen LogP contribution < -0.4 is 5.73 Å². The maximum Gasteiger partial charge on any atom is 0.0458 e. The molecule has 0 heterocycles. The topological polar surface area (TPSA) is 26.0 Å². The second-order valence-corrected chi connectivity index (χ2v) is 5.93. The van der Waals surface area contributed by atoms with Gasteiger partial charge in [-0.1, -0.05) is 29.5 Å². The molecule has 2 aromatic rings. The summed E-state index contributed by atoms with van der Waals surface area (Å²) in [5.41, 5.74) is 12.1. The van der Waals surface area contributed by atoms with Crippen LogP contribution in [0.4, 0.5) is 5.69 Å². The van der Waals surface area contributed by atoms with Crippen LogP contribution in [0.3, 0.4) is 0 Å². The zero-order valence-electron chi connectivity index (χ0n) is 11.8. The molecule has 0 saturated carbocycles. The van der Waals surface area contributed by atoms with Crippen LogP contribution in [0.15, 0.2) is 40.1 Å². The summed E-state index contributed by atoms with van der Waals surface area (Å²) in [7, 11) is 0. The minimum absolute atomic E-state index is 0. The van der Waals surface area contributed by atoms with Crippen LogP contribution in [0.2, 0.25) is 0 Å². The molecule has 2 N–H and O–H groups in total. The number of rotatable bonds is 2. The summed E-state index contributed by atoms with van der Waals surface area (Å²) in [4.78, 5) is 2.42. The van der Waals surface area contributed by atoms with Crippen molar-refractivity contribution in [3.8, 4) is 0 Å². The third-order valence-electron chi connectivity index (χ3n) is 3.18. The van der Waals surface area contributed by atoms with Gasteiger partial charge in [-0.05, 0) is 62.6 Å². The van der Waals surface area contributed by atoms with Crippen molar-refractivity contribution in [3.05, 3.63) is 52.6 Å². The summed E-state index contributed by atoms with van der Waals surface area (Å²) in [5, 5.41) is 0. The first kappa shape index (κ1) is 15.9. The summed E-state index contributed by atoms with van der Waals surface area (Å²) in [5.74, 6) is 0. The van der Waals surface area contributed by atoms with Gasteiger partial charge in [0.25, 0.3) is 0 Å². The van der Waals surface area contributed by atoms with Crippen molar-refractivity contribution in [2.75, 3.05) is 5.73 Å². The summed E-state index contributed by atoms with van der Waals surface area (Å²) >= 11 is 1.75. The smallest absolute Gasteiger partial charge is 0.0458 e. The largest absolute Gasteiger partial charge is 0.398 e. The van der Waals surface area contributed by atoms with E-state index in [1.54, 1.807) is 11.8 Å². The van der Waals surface area contributed by atoms with E-state index in [4.69, 9.17) is 5.73 Å². The van der Waals surface area contributed by atoms with Gasteiger partial charge >= 0.3 is 0 Å². The maximum atomic E-state index is 6.10. The fraction of sp³-hybridized carbons (Fsp3) is 0.250. The van der Waals surface area contributed by atoms with Crippen LogP contribution in [-0.4, -0.2) is 0 Å². The first-order valence-corrected chi connectivity index (χ1v) is 6.91. The van der Waals surface area contributed by atoms with Gasteiger partial charge in [-0.2, -0.15) is 0 Å². The average Bonchev–Trinajstić information content (AvgIpc) is 2.29. The normalized spacial score (nSPS) is 10.1. The van der Waals surface area contributed by atoms with E-state index in [0.29, 0.717) is 0 Å². The number of nitrogens with two attached hydrogens (primary N) is 1. The zero-order valence-corrected chi connectivity index (χ0v) is 13.4. The predicted molar refractivity (Wildman–Crippen MR) is 87.6 cm³/mol. The highest BCUT2D eigenvalue weighted by atomic mass is 35.5. The fourth-order valence-electron chi connectivity index (χ4n) is 1.93. The van der Waals surface area contributed by atoms with Crippen molar-refractivity contribution in [1.82, 2.24) is 0 Å². The van der Waals surface area contributed by atoms with Gasteiger partial charge in [-0.25, -0.2) is 0 Å². The molecule has 0 fully saturated rings. The molecular formula is C16H20ClNS. The van der Waals surface area contributed by atoms with E-state index in [0.717, 1.165) is 10.6 Å². The lowest BCUT2D eigenvalue weighted by Crippen LogP contribution is -1.92. The van der Waals surface area contributed by atoms with E-state index in [-0.39, 0.29) is 12.4 Å². The zero-order chi connectivity index (χ0) is 13.3. The third-order valence-corrected chi connectivity index (χ3v) is 4.43. The molecule has 0 aliphatic carbocycles. The van der Waals surface area contributed by atoms with E-state index >= 15 is 0 Å². The van der Waals surface area contributed by atoms with Crippen LogP contribution in [0, 0.1) is 27.7 Å². The molecule has 0 radical (unpaired) electrons. The van der Waals surface area contributed by atoms with Crippen molar-refractivity contribution < 1.29 is 0 Å². The van der Waals surface area contributed by atoms with Crippen molar-refractivity contribution in [3.63, 3.8) is 0 Å². The van der Waals surface area contributed by atoms with Gasteiger partial charge in [0.05, 0.1) is 0 Å². The number of aryl methyl sites for hydroxylation is 4. The Morgan fingerprint density at radius 3 is 2.05 bits per heavy atom. The lowest BCUT2D eigenvalue weighted by molar-refractivity contribution is 1.24. The molecule has 0 atom stereocenters. The van der Waals surface area contributed by atoms with Crippen molar-refractivity contribution >= 4 is 29.9 Å². The molecule has 19 heavy (non-hydrogen) atoms. The first-order chi connectivity index (χ1) is 8.47. The van der Waals surface area contributed by atoms with Crippen LogP contribution in [-0.2, 0) is 0 Å². The second-order valence-electron chi connectivity index (χ2n) is 4.85. The molecule has 2 aromatic carbocycles. The minimum Gasteiger partial charge on any atom is -0.398 e. The van der Waals surface area contributed by atoms with E-state index in [1.165, 1.54) is 27.1 Å². The van der Waals surface area contributed by atoms with Crippen LogP contribution in [0.1, 0.15) is 22.3 Å². The Kier molecular flexibility index (Phi) is 5.33. The summed E-state index contributed by atoms with van der Waals surface area (Å²) < 4.78 is 0. The van der Waals surface area contributed by atoms with Crippen molar-refractivity contribution in [2.24, 2.45) is 0 Å². The Hall–Kier alpha value is -1.12. The SMILES string of the molecule is Cc1ccc(Sc2cc(C)c(C)cc2N)c(C)c1.Cl. The van der Waals surface area contributed by atoms with E-state index < -0.39 is 0 Å². The molecule has 0 bridgehead atoms. The van der Waals surface area contributed by atoms with Gasteiger partial charge in [0.2, 0.25) is 0 Å². The number of anilines is 1. The Morgan fingerprint density at radius 1 is 0.789 bits per heavy atom. The Balaban J connectivity index is 0.00000180. The third kappa shape index (κ3) is 3.68. The fourth-order valence-corrected chi connectivity index (χ4v) is 2.94. The molecule has 0 aliphatic heterocycles. The number of nitrogen functional groups attached to an aromatic ring is 1. The number of halogens is 1. The molecule has 0 aromatic heterocycles. The molecule has 0 unspecified atom stereocenters.